The van der Waals surface area contributed by atoms with Crippen molar-refractivity contribution in [2.45, 2.75) is 112 Å². The van der Waals surface area contributed by atoms with Gasteiger partial charge in [-0.3, -0.25) is 4.79 Å². The molecule has 33 heavy (non-hydrogen) atoms. The molecule has 3 heteroatoms. The third-order valence-electron chi connectivity index (χ3n) is 11.7. The van der Waals surface area contributed by atoms with Crippen LogP contribution in [0.25, 0.3) is 0 Å². The number of carbonyl (C=O) groups is 1. The van der Waals surface area contributed by atoms with Crippen molar-refractivity contribution in [2.24, 2.45) is 39.4 Å². The number of ether oxygens (including phenoxy) is 1. The SMILES string of the molecule is CC(C)(O)C1CCC(C2CCC3(C)C4=CCC5C(C)(C)C(=O)CCC5(C)C4=CCC23C)CO1. The molecule has 0 aromatic heterocycles. The van der Waals surface area contributed by atoms with Crippen LogP contribution in [0.1, 0.15) is 99.8 Å². The van der Waals surface area contributed by atoms with Gasteiger partial charge >= 0.3 is 0 Å². The minimum absolute atomic E-state index is 0.0394. The summed E-state index contributed by atoms with van der Waals surface area (Å²) >= 11 is 0. The van der Waals surface area contributed by atoms with Crippen molar-refractivity contribution in [1.82, 2.24) is 0 Å². The maximum absolute atomic E-state index is 12.8. The van der Waals surface area contributed by atoms with E-state index in [1.807, 2.05) is 13.8 Å². The van der Waals surface area contributed by atoms with E-state index in [1.54, 1.807) is 11.1 Å². The number of Topliss-reactive ketones (excluding diaryl/α,β-unsaturated/α-hetero) is 1. The summed E-state index contributed by atoms with van der Waals surface area (Å²) < 4.78 is 6.24. The Bertz CT molecular complexity index is 896. The summed E-state index contributed by atoms with van der Waals surface area (Å²) in [4.78, 5) is 12.8. The molecule has 3 fully saturated rings. The fourth-order valence-corrected chi connectivity index (χ4v) is 9.25. The van der Waals surface area contributed by atoms with Crippen LogP contribution in [0.3, 0.4) is 0 Å². The number of carbonyl (C=O) groups excluding carboxylic acids is 1. The molecule has 184 valence electrons. The Balaban J connectivity index is 1.44. The monoisotopic (exact) mass is 454 g/mol. The first-order valence-corrected chi connectivity index (χ1v) is 13.5. The molecule has 0 amide bonds. The predicted molar refractivity (Wildman–Crippen MR) is 133 cm³/mol. The highest BCUT2D eigenvalue weighted by atomic mass is 16.5. The number of ketones is 1. The highest BCUT2D eigenvalue weighted by molar-refractivity contribution is 5.86. The summed E-state index contributed by atoms with van der Waals surface area (Å²) in [6.45, 7) is 16.5. The molecule has 1 aliphatic heterocycles. The molecule has 0 aromatic rings. The molecule has 0 aromatic carbocycles. The number of aliphatic hydroxyl groups is 1. The first kappa shape index (κ1) is 23.8. The lowest BCUT2D eigenvalue weighted by molar-refractivity contribution is -0.139. The van der Waals surface area contributed by atoms with Crippen LogP contribution in [0.2, 0.25) is 0 Å². The maximum Gasteiger partial charge on any atom is 0.138 e. The van der Waals surface area contributed by atoms with Gasteiger partial charge in [0.15, 0.2) is 0 Å². The summed E-state index contributed by atoms with van der Waals surface area (Å²) in [6.07, 6.45) is 13.7. The van der Waals surface area contributed by atoms with E-state index in [0.29, 0.717) is 23.5 Å². The second kappa shape index (κ2) is 7.29. The molecule has 5 aliphatic rings. The van der Waals surface area contributed by atoms with Gasteiger partial charge in [-0.2, -0.15) is 0 Å². The van der Waals surface area contributed by atoms with Crippen molar-refractivity contribution in [2.75, 3.05) is 6.61 Å². The average Bonchev–Trinajstić information content (AvgIpc) is 3.02. The van der Waals surface area contributed by atoms with Crippen molar-refractivity contribution < 1.29 is 14.6 Å². The zero-order valence-electron chi connectivity index (χ0n) is 22.1. The van der Waals surface area contributed by atoms with Crippen LogP contribution in [0.5, 0.6) is 0 Å². The lowest BCUT2D eigenvalue weighted by Crippen LogP contribution is -2.53. The number of hydrogen-bond acceptors (Lipinski definition) is 3. The third kappa shape index (κ3) is 3.17. The van der Waals surface area contributed by atoms with Gasteiger partial charge < -0.3 is 9.84 Å². The Morgan fingerprint density at radius 3 is 2.36 bits per heavy atom. The molecule has 5 rings (SSSR count). The highest BCUT2D eigenvalue weighted by Crippen LogP contribution is 2.71. The van der Waals surface area contributed by atoms with Gasteiger partial charge in [-0.15, -0.1) is 0 Å². The lowest BCUT2D eigenvalue weighted by Gasteiger charge is -2.59. The maximum atomic E-state index is 12.8. The van der Waals surface area contributed by atoms with Crippen LogP contribution < -0.4 is 0 Å². The van der Waals surface area contributed by atoms with E-state index >= 15 is 0 Å². The molecule has 2 saturated carbocycles. The Labute approximate surface area is 201 Å². The molecule has 0 spiro atoms. The van der Waals surface area contributed by atoms with Crippen LogP contribution in [0, 0.1) is 39.4 Å². The third-order valence-corrected chi connectivity index (χ3v) is 11.7. The molecule has 1 heterocycles. The van der Waals surface area contributed by atoms with Crippen molar-refractivity contribution in [1.29, 1.82) is 0 Å². The summed E-state index contributed by atoms with van der Waals surface area (Å²) in [5.41, 5.74) is 2.80. The molecule has 3 nitrogen and oxygen atoms in total. The second-order valence-electron chi connectivity index (χ2n) is 14.0. The molecule has 1 saturated heterocycles. The molecule has 4 aliphatic carbocycles. The van der Waals surface area contributed by atoms with E-state index in [9.17, 15) is 9.90 Å². The minimum Gasteiger partial charge on any atom is -0.388 e. The zero-order chi connectivity index (χ0) is 24.0. The number of fused-ring (bicyclic) bond motifs is 5. The minimum atomic E-state index is -0.754. The van der Waals surface area contributed by atoms with Gasteiger partial charge in [0.1, 0.15) is 5.78 Å². The topological polar surface area (TPSA) is 46.5 Å². The summed E-state index contributed by atoms with van der Waals surface area (Å²) in [5, 5.41) is 10.4. The molecule has 7 atom stereocenters. The van der Waals surface area contributed by atoms with Gasteiger partial charge in [0.05, 0.1) is 18.3 Å². The number of allylic oxidation sites excluding steroid dienone is 4. The van der Waals surface area contributed by atoms with Crippen molar-refractivity contribution >= 4 is 5.78 Å². The number of hydrogen-bond donors (Lipinski definition) is 1. The fourth-order valence-electron chi connectivity index (χ4n) is 9.25. The summed E-state index contributed by atoms with van der Waals surface area (Å²) in [7, 11) is 0. The van der Waals surface area contributed by atoms with Crippen LogP contribution >= 0.6 is 0 Å². The van der Waals surface area contributed by atoms with Gasteiger partial charge in [-0.05, 0) is 104 Å². The van der Waals surface area contributed by atoms with E-state index in [4.69, 9.17) is 4.74 Å². The van der Waals surface area contributed by atoms with Crippen molar-refractivity contribution in [3.63, 3.8) is 0 Å². The smallest absolute Gasteiger partial charge is 0.138 e. The summed E-state index contributed by atoms with van der Waals surface area (Å²) in [5.74, 6) is 2.12. The van der Waals surface area contributed by atoms with Crippen LogP contribution in [0.4, 0.5) is 0 Å². The Hall–Kier alpha value is -0.930. The average molecular weight is 455 g/mol. The van der Waals surface area contributed by atoms with Gasteiger partial charge in [0.25, 0.3) is 0 Å². The summed E-state index contributed by atoms with van der Waals surface area (Å²) in [6, 6.07) is 0. The van der Waals surface area contributed by atoms with Crippen LogP contribution in [0.15, 0.2) is 23.3 Å². The Morgan fingerprint density at radius 2 is 1.73 bits per heavy atom. The van der Waals surface area contributed by atoms with E-state index in [-0.39, 0.29) is 27.8 Å². The number of rotatable bonds is 2. The van der Waals surface area contributed by atoms with Gasteiger partial charge in [-0.1, -0.05) is 46.8 Å². The van der Waals surface area contributed by atoms with Crippen LogP contribution in [-0.4, -0.2) is 29.2 Å². The predicted octanol–water partition coefficient (Wildman–Crippen LogP) is 6.65. The van der Waals surface area contributed by atoms with Gasteiger partial charge in [0, 0.05) is 11.8 Å². The molecular formula is C30H46O3. The normalized spacial score (nSPS) is 47.2. The van der Waals surface area contributed by atoms with E-state index in [2.05, 4.69) is 46.8 Å². The quantitative estimate of drug-likeness (QED) is 0.508. The first-order valence-electron chi connectivity index (χ1n) is 13.5. The molecular weight excluding hydrogens is 408 g/mol. The molecule has 7 unspecified atom stereocenters. The highest BCUT2D eigenvalue weighted by Gasteiger charge is 2.63. The van der Waals surface area contributed by atoms with Gasteiger partial charge in [-0.25, -0.2) is 0 Å². The fraction of sp³-hybridized carbons (Fsp3) is 0.833. The first-order chi connectivity index (χ1) is 15.2. The lowest BCUT2D eigenvalue weighted by atomic mass is 9.44. The zero-order valence-corrected chi connectivity index (χ0v) is 22.1. The van der Waals surface area contributed by atoms with Crippen molar-refractivity contribution in [3.8, 4) is 0 Å². The molecule has 0 radical (unpaired) electrons. The van der Waals surface area contributed by atoms with E-state index in [1.165, 1.54) is 12.8 Å². The van der Waals surface area contributed by atoms with E-state index in [0.717, 1.165) is 45.1 Å². The van der Waals surface area contributed by atoms with Crippen molar-refractivity contribution in [3.05, 3.63) is 23.3 Å². The molecule has 1 N–H and O–H groups in total. The Kier molecular flexibility index (Phi) is 5.26. The van der Waals surface area contributed by atoms with Crippen LogP contribution in [-0.2, 0) is 9.53 Å². The molecule has 0 bridgehead atoms. The second-order valence-corrected chi connectivity index (χ2v) is 14.0. The largest absolute Gasteiger partial charge is 0.388 e. The van der Waals surface area contributed by atoms with Gasteiger partial charge in [0.2, 0.25) is 0 Å². The Morgan fingerprint density at radius 1 is 1.00 bits per heavy atom. The van der Waals surface area contributed by atoms with E-state index < -0.39 is 5.60 Å². The standard InChI is InChI=1S/C30H46O3/c1-26(2)23-10-9-22-21(28(23,5)15-14-24(26)31)13-17-29(6)20(12-16-30(22,29)7)19-8-11-25(33-18-19)27(3,4)32/h9,13,19-20,23,25,32H,8,10-12,14-18H2,1-7H3.